The highest BCUT2D eigenvalue weighted by atomic mass is 16.5. The van der Waals surface area contributed by atoms with Gasteiger partial charge in [-0.05, 0) is 88.3 Å². The molecule has 0 amide bonds. The van der Waals surface area contributed by atoms with Crippen molar-refractivity contribution in [3.05, 3.63) is 179 Å². The molecule has 0 unspecified atom stereocenters. The molecule has 2 heterocycles. The number of hydrogen-bond donors (Lipinski definition) is 0. The van der Waals surface area contributed by atoms with Crippen molar-refractivity contribution < 1.29 is 4.74 Å². The Morgan fingerprint density at radius 1 is 0.500 bits per heavy atom. The monoisotopic (exact) mass is 672 g/mol. The molecular weight excluding hydrogens is 633 g/mol. The largest absolute Gasteiger partial charge is 0.453 e. The second kappa shape index (κ2) is 11.0. The van der Waals surface area contributed by atoms with Crippen LogP contribution in [0.4, 0.5) is 34.1 Å². The Hall–Kier alpha value is -6.06. The van der Waals surface area contributed by atoms with E-state index >= 15 is 0 Å². The highest BCUT2D eigenvalue weighted by Gasteiger charge is 2.44. The molecule has 0 spiro atoms. The Bertz CT molecular complexity index is 2580. The van der Waals surface area contributed by atoms with E-state index in [0.717, 1.165) is 39.9 Å². The Balaban J connectivity index is 1.28. The Kier molecular flexibility index (Phi) is 6.48. The van der Waals surface area contributed by atoms with E-state index in [9.17, 15) is 0 Å². The van der Waals surface area contributed by atoms with Crippen molar-refractivity contribution in [1.82, 2.24) is 0 Å². The van der Waals surface area contributed by atoms with Gasteiger partial charge in [-0.25, -0.2) is 0 Å². The standard InChI is InChI=1S/C49H40N2O/c1-31-16-13-26-43-46(31)51-42-25-15-24-41(45(42)49(4,5)38-22-14-27-44(52-43)47(38)51)50(40-23-12-10-19-34(40)32-17-7-6-8-18-32)33-28-29-36-35-20-9-11-21-37(35)48(2,3)39(36)30-33/h6-30H,1-5H3. The van der Waals surface area contributed by atoms with E-state index in [1.807, 2.05) is 0 Å². The third-order valence-electron chi connectivity index (χ3n) is 11.7. The molecule has 0 saturated carbocycles. The number of ether oxygens (including phenoxy) is 1. The van der Waals surface area contributed by atoms with Gasteiger partial charge in [0.1, 0.15) is 0 Å². The average molecular weight is 673 g/mol. The van der Waals surface area contributed by atoms with Gasteiger partial charge in [0.25, 0.3) is 0 Å². The van der Waals surface area contributed by atoms with Crippen molar-refractivity contribution in [3.8, 4) is 33.8 Å². The molecular formula is C49H40N2O. The van der Waals surface area contributed by atoms with Gasteiger partial charge in [-0.15, -0.1) is 0 Å². The molecule has 7 aromatic rings. The van der Waals surface area contributed by atoms with E-state index in [1.165, 1.54) is 55.8 Å². The van der Waals surface area contributed by atoms with Crippen LogP contribution in [0.5, 0.6) is 11.5 Å². The predicted molar refractivity (Wildman–Crippen MR) is 216 cm³/mol. The van der Waals surface area contributed by atoms with Gasteiger partial charge in [-0.3, -0.25) is 0 Å². The minimum atomic E-state index is -0.358. The first-order chi connectivity index (χ1) is 25.2. The van der Waals surface area contributed by atoms with E-state index in [-0.39, 0.29) is 10.8 Å². The van der Waals surface area contributed by atoms with Crippen LogP contribution in [0.1, 0.15) is 55.5 Å². The van der Waals surface area contributed by atoms with Crippen LogP contribution in [0.2, 0.25) is 0 Å². The number of anilines is 6. The topological polar surface area (TPSA) is 15.7 Å². The summed E-state index contributed by atoms with van der Waals surface area (Å²) in [6.45, 7) is 11.7. The van der Waals surface area contributed by atoms with Crippen molar-refractivity contribution in [2.75, 3.05) is 9.80 Å². The van der Waals surface area contributed by atoms with Gasteiger partial charge in [0.05, 0.1) is 28.4 Å². The maximum Gasteiger partial charge on any atom is 0.151 e. The molecule has 0 fully saturated rings. The summed E-state index contributed by atoms with van der Waals surface area (Å²) >= 11 is 0. The van der Waals surface area contributed by atoms with Gasteiger partial charge in [0, 0.05) is 27.6 Å². The summed E-state index contributed by atoms with van der Waals surface area (Å²) in [6.07, 6.45) is 0. The molecule has 52 heavy (non-hydrogen) atoms. The first-order valence-corrected chi connectivity index (χ1v) is 18.3. The number of aryl methyl sites for hydroxylation is 1. The smallest absolute Gasteiger partial charge is 0.151 e. The molecule has 3 nitrogen and oxygen atoms in total. The number of hydrogen-bond acceptors (Lipinski definition) is 3. The van der Waals surface area contributed by atoms with Crippen LogP contribution >= 0.6 is 0 Å². The highest BCUT2D eigenvalue weighted by molar-refractivity contribution is 5.99. The van der Waals surface area contributed by atoms with Gasteiger partial charge in [-0.2, -0.15) is 0 Å². The summed E-state index contributed by atoms with van der Waals surface area (Å²) in [5, 5.41) is 0. The number of nitrogens with zero attached hydrogens (tertiary/aromatic N) is 2. The Labute approximate surface area is 306 Å². The third-order valence-corrected chi connectivity index (χ3v) is 11.7. The van der Waals surface area contributed by atoms with Crippen LogP contribution in [0.15, 0.2) is 152 Å². The summed E-state index contributed by atoms with van der Waals surface area (Å²) in [4.78, 5) is 4.99. The molecule has 2 aliphatic heterocycles. The lowest BCUT2D eigenvalue weighted by Gasteiger charge is -2.47. The van der Waals surface area contributed by atoms with Gasteiger partial charge >= 0.3 is 0 Å². The molecule has 0 N–H and O–H groups in total. The predicted octanol–water partition coefficient (Wildman–Crippen LogP) is 13.7. The molecule has 0 bridgehead atoms. The quantitative estimate of drug-likeness (QED) is 0.185. The summed E-state index contributed by atoms with van der Waals surface area (Å²) < 4.78 is 6.63. The van der Waals surface area contributed by atoms with Gasteiger partial charge in [-0.1, -0.05) is 137 Å². The van der Waals surface area contributed by atoms with E-state index in [0.29, 0.717) is 0 Å². The van der Waals surface area contributed by atoms with Crippen LogP contribution in [-0.4, -0.2) is 0 Å². The number of rotatable bonds is 4. The number of para-hydroxylation sites is 3. The normalized spacial score (nSPS) is 15.1. The van der Waals surface area contributed by atoms with Crippen LogP contribution in [-0.2, 0) is 10.8 Å². The lowest BCUT2D eigenvalue weighted by molar-refractivity contribution is 0.471. The summed E-state index contributed by atoms with van der Waals surface area (Å²) in [6, 6.07) is 55.4. The fraction of sp³-hybridized carbons (Fsp3) is 0.143. The molecule has 0 atom stereocenters. The van der Waals surface area contributed by atoms with Crippen molar-refractivity contribution in [2.45, 2.75) is 45.4 Å². The lowest BCUT2D eigenvalue weighted by atomic mass is 9.72. The van der Waals surface area contributed by atoms with E-state index in [4.69, 9.17) is 4.74 Å². The second-order valence-electron chi connectivity index (χ2n) is 15.4. The van der Waals surface area contributed by atoms with E-state index in [1.54, 1.807) is 0 Å². The van der Waals surface area contributed by atoms with Gasteiger partial charge < -0.3 is 14.5 Å². The summed E-state index contributed by atoms with van der Waals surface area (Å²) in [5.74, 6) is 1.78. The van der Waals surface area contributed by atoms with Crippen molar-refractivity contribution in [3.63, 3.8) is 0 Å². The molecule has 10 rings (SSSR count). The molecule has 0 saturated heterocycles. The van der Waals surface area contributed by atoms with Crippen LogP contribution in [0.3, 0.4) is 0 Å². The SMILES string of the molecule is Cc1cccc2c1N1c3cccc(N(c4ccc5c(c4)C(C)(C)c4ccccc4-5)c4ccccc4-c4ccccc4)c3C(C)(C)c3cccc(c31)O2. The minimum absolute atomic E-state index is 0.133. The van der Waals surface area contributed by atoms with Crippen LogP contribution in [0, 0.1) is 6.92 Å². The molecule has 252 valence electrons. The summed E-state index contributed by atoms with van der Waals surface area (Å²) in [7, 11) is 0. The van der Waals surface area contributed by atoms with Crippen LogP contribution < -0.4 is 14.5 Å². The van der Waals surface area contributed by atoms with Crippen LogP contribution in [0.25, 0.3) is 22.3 Å². The zero-order valence-electron chi connectivity index (χ0n) is 30.2. The molecule has 1 aliphatic carbocycles. The molecule has 7 aromatic carbocycles. The maximum absolute atomic E-state index is 6.63. The Morgan fingerprint density at radius 2 is 1.13 bits per heavy atom. The minimum Gasteiger partial charge on any atom is -0.453 e. The second-order valence-corrected chi connectivity index (χ2v) is 15.4. The maximum atomic E-state index is 6.63. The van der Waals surface area contributed by atoms with Gasteiger partial charge in [0.2, 0.25) is 0 Å². The molecule has 3 heteroatoms. The first-order valence-electron chi connectivity index (χ1n) is 18.3. The van der Waals surface area contributed by atoms with Crippen molar-refractivity contribution in [2.24, 2.45) is 0 Å². The Morgan fingerprint density at radius 3 is 1.96 bits per heavy atom. The third kappa shape index (κ3) is 4.20. The zero-order valence-corrected chi connectivity index (χ0v) is 30.2. The fourth-order valence-electron chi connectivity index (χ4n) is 9.26. The number of benzene rings is 7. The average Bonchev–Trinajstić information content (AvgIpc) is 3.39. The summed E-state index contributed by atoms with van der Waals surface area (Å²) in [5.41, 5.74) is 17.8. The number of fused-ring (bicyclic) bond motifs is 7. The zero-order chi connectivity index (χ0) is 35.4. The van der Waals surface area contributed by atoms with Gasteiger partial charge in [0.15, 0.2) is 11.5 Å². The molecule has 0 radical (unpaired) electrons. The lowest BCUT2D eigenvalue weighted by Crippen LogP contribution is -2.34. The first kappa shape index (κ1) is 30.7. The van der Waals surface area contributed by atoms with E-state index < -0.39 is 0 Å². The molecule has 0 aromatic heterocycles. The molecule has 3 aliphatic rings. The van der Waals surface area contributed by atoms with Crippen molar-refractivity contribution in [1.29, 1.82) is 0 Å². The van der Waals surface area contributed by atoms with E-state index in [2.05, 4.69) is 196 Å². The fourth-order valence-corrected chi connectivity index (χ4v) is 9.26. The highest BCUT2D eigenvalue weighted by Crippen LogP contribution is 2.63. The van der Waals surface area contributed by atoms with Crippen molar-refractivity contribution >= 4 is 34.1 Å².